The summed E-state index contributed by atoms with van der Waals surface area (Å²) in [5, 5.41) is 9.32. The number of aryl methyl sites for hydroxylation is 1. The van der Waals surface area contributed by atoms with E-state index in [1.165, 1.54) is 5.56 Å². The van der Waals surface area contributed by atoms with Gasteiger partial charge in [0, 0.05) is 31.5 Å². The number of hydrogen-bond acceptors (Lipinski definition) is 3. The molecule has 4 heteroatoms. The fraction of sp³-hybridized carbons (Fsp3) is 0.412. The van der Waals surface area contributed by atoms with Crippen molar-refractivity contribution in [2.24, 2.45) is 0 Å². The van der Waals surface area contributed by atoms with Crippen LogP contribution in [0.25, 0.3) is 0 Å². The van der Waals surface area contributed by atoms with E-state index in [4.69, 9.17) is 0 Å². The molecule has 4 nitrogen and oxygen atoms in total. The van der Waals surface area contributed by atoms with Gasteiger partial charge in [0.2, 0.25) is 0 Å². The van der Waals surface area contributed by atoms with Crippen molar-refractivity contribution in [2.45, 2.75) is 26.7 Å². The maximum absolute atomic E-state index is 12.7. The van der Waals surface area contributed by atoms with Gasteiger partial charge in [-0.05, 0) is 38.3 Å². The average Bonchev–Trinajstić information content (AvgIpc) is 2.55. The van der Waals surface area contributed by atoms with E-state index in [0.717, 1.165) is 31.6 Å². The number of fused-ring (bicyclic) bond motifs is 1. The highest BCUT2D eigenvalue weighted by Crippen LogP contribution is 2.27. The summed E-state index contributed by atoms with van der Waals surface area (Å²) in [6.07, 6.45) is 3.61. The molecule has 1 aromatic rings. The van der Waals surface area contributed by atoms with Gasteiger partial charge in [-0.15, -0.1) is 0 Å². The van der Waals surface area contributed by atoms with E-state index in [2.05, 4.69) is 12.1 Å². The van der Waals surface area contributed by atoms with Crippen LogP contribution in [0, 0.1) is 11.3 Å². The molecule has 0 aliphatic carbocycles. The zero-order valence-electron chi connectivity index (χ0n) is 12.7. The lowest BCUT2D eigenvalue weighted by molar-refractivity contribution is -0.114. The molecular formula is C17H21N3O. The summed E-state index contributed by atoms with van der Waals surface area (Å²) in [4.78, 5) is 16.4. The van der Waals surface area contributed by atoms with Crippen LogP contribution in [0.15, 0.2) is 36.0 Å². The zero-order valence-corrected chi connectivity index (χ0v) is 12.7. The Hall–Kier alpha value is -2.28. The molecule has 0 atom stereocenters. The Labute approximate surface area is 126 Å². The lowest BCUT2D eigenvalue weighted by Crippen LogP contribution is -2.36. The van der Waals surface area contributed by atoms with Crippen molar-refractivity contribution < 1.29 is 4.79 Å². The summed E-state index contributed by atoms with van der Waals surface area (Å²) < 4.78 is 0. The number of amides is 1. The van der Waals surface area contributed by atoms with Crippen LogP contribution in [-0.2, 0) is 11.2 Å². The Morgan fingerprint density at radius 1 is 1.38 bits per heavy atom. The van der Waals surface area contributed by atoms with Gasteiger partial charge in [-0.25, -0.2) is 0 Å². The molecule has 21 heavy (non-hydrogen) atoms. The second-order valence-corrected chi connectivity index (χ2v) is 5.06. The van der Waals surface area contributed by atoms with Crippen molar-refractivity contribution in [1.29, 1.82) is 5.26 Å². The molecule has 0 N–H and O–H groups in total. The van der Waals surface area contributed by atoms with Crippen molar-refractivity contribution in [3.05, 3.63) is 41.6 Å². The van der Waals surface area contributed by atoms with Gasteiger partial charge in [0.05, 0.1) is 0 Å². The lowest BCUT2D eigenvalue weighted by atomic mass is 10.0. The number of carbonyl (C=O) groups is 1. The zero-order chi connectivity index (χ0) is 15.2. The van der Waals surface area contributed by atoms with Gasteiger partial charge < -0.3 is 9.80 Å². The summed E-state index contributed by atoms with van der Waals surface area (Å²) >= 11 is 0. The number of nitriles is 1. The number of anilines is 1. The molecule has 0 radical (unpaired) electrons. The Morgan fingerprint density at radius 3 is 2.76 bits per heavy atom. The number of rotatable bonds is 4. The first-order valence-electron chi connectivity index (χ1n) is 7.47. The molecule has 0 saturated heterocycles. The van der Waals surface area contributed by atoms with Crippen LogP contribution in [0.1, 0.15) is 25.8 Å². The third-order valence-corrected chi connectivity index (χ3v) is 3.83. The van der Waals surface area contributed by atoms with Crippen LogP contribution in [0.2, 0.25) is 0 Å². The van der Waals surface area contributed by atoms with E-state index < -0.39 is 0 Å². The van der Waals surface area contributed by atoms with Crippen molar-refractivity contribution in [2.75, 3.05) is 24.5 Å². The fourth-order valence-corrected chi connectivity index (χ4v) is 2.61. The Balaban J connectivity index is 2.30. The van der Waals surface area contributed by atoms with Crippen LogP contribution in [0.3, 0.4) is 0 Å². The summed E-state index contributed by atoms with van der Waals surface area (Å²) in [5.74, 6) is -0.198. The standard InChI is InChI=1S/C17H21N3O/c1-3-19(4-2)13-15(12-18)17(21)20-11-7-9-14-8-5-6-10-16(14)20/h5-6,8,10,13H,3-4,7,9,11H2,1-2H3/b15-13-. The number of carbonyl (C=O) groups excluding carboxylic acids is 1. The molecular weight excluding hydrogens is 262 g/mol. The second-order valence-electron chi connectivity index (χ2n) is 5.06. The third kappa shape index (κ3) is 3.25. The van der Waals surface area contributed by atoms with Gasteiger partial charge in [0.15, 0.2) is 0 Å². The molecule has 0 spiro atoms. The second kappa shape index (κ2) is 6.94. The van der Waals surface area contributed by atoms with Gasteiger partial charge in [-0.3, -0.25) is 4.79 Å². The van der Waals surface area contributed by atoms with Crippen LogP contribution in [0.4, 0.5) is 5.69 Å². The molecule has 1 aliphatic heterocycles. The minimum atomic E-state index is -0.198. The number of nitrogens with zero attached hydrogens (tertiary/aromatic N) is 3. The molecule has 0 bridgehead atoms. The molecule has 2 rings (SSSR count). The van der Waals surface area contributed by atoms with Crippen LogP contribution >= 0.6 is 0 Å². The molecule has 1 aromatic carbocycles. The summed E-state index contributed by atoms with van der Waals surface area (Å²) in [6.45, 7) is 6.26. The Kier molecular flexibility index (Phi) is 4.99. The summed E-state index contributed by atoms with van der Waals surface area (Å²) in [5.41, 5.74) is 2.32. The van der Waals surface area contributed by atoms with Crippen molar-refractivity contribution in [3.63, 3.8) is 0 Å². The molecule has 0 unspecified atom stereocenters. The highest BCUT2D eigenvalue weighted by atomic mass is 16.2. The van der Waals surface area contributed by atoms with Gasteiger partial charge in [0.25, 0.3) is 5.91 Å². The third-order valence-electron chi connectivity index (χ3n) is 3.83. The molecule has 1 aliphatic rings. The average molecular weight is 283 g/mol. The maximum Gasteiger partial charge on any atom is 0.270 e. The van der Waals surface area contributed by atoms with E-state index >= 15 is 0 Å². The molecule has 0 saturated carbocycles. The minimum Gasteiger partial charge on any atom is -0.377 e. The van der Waals surface area contributed by atoms with Crippen LogP contribution in [-0.4, -0.2) is 30.4 Å². The topological polar surface area (TPSA) is 47.3 Å². The molecule has 1 heterocycles. The van der Waals surface area contributed by atoms with Gasteiger partial charge in [-0.2, -0.15) is 5.26 Å². The molecule has 0 fully saturated rings. The smallest absolute Gasteiger partial charge is 0.270 e. The van der Waals surface area contributed by atoms with Gasteiger partial charge in [-0.1, -0.05) is 18.2 Å². The quantitative estimate of drug-likeness (QED) is 0.630. The van der Waals surface area contributed by atoms with E-state index in [1.807, 2.05) is 36.9 Å². The first kappa shape index (κ1) is 15.1. The first-order chi connectivity index (χ1) is 10.2. The Bertz CT molecular complexity index is 582. The predicted molar refractivity (Wildman–Crippen MR) is 83.7 cm³/mol. The largest absolute Gasteiger partial charge is 0.377 e. The summed E-state index contributed by atoms with van der Waals surface area (Å²) in [7, 11) is 0. The van der Waals surface area contributed by atoms with Crippen molar-refractivity contribution in [3.8, 4) is 6.07 Å². The van der Waals surface area contributed by atoms with E-state index in [-0.39, 0.29) is 11.5 Å². The minimum absolute atomic E-state index is 0.198. The van der Waals surface area contributed by atoms with Gasteiger partial charge in [0.1, 0.15) is 11.6 Å². The highest BCUT2D eigenvalue weighted by Gasteiger charge is 2.25. The van der Waals surface area contributed by atoms with E-state index in [9.17, 15) is 10.1 Å². The molecule has 1 amide bonds. The van der Waals surface area contributed by atoms with Crippen molar-refractivity contribution >= 4 is 11.6 Å². The van der Waals surface area contributed by atoms with Crippen LogP contribution < -0.4 is 4.90 Å². The SMILES string of the molecule is CCN(/C=C(/C#N)C(=O)N1CCCc2ccccc21)CC. The Morgan fingerprint density at radius 2 is 2.10 bits per heavy atom. The first-order valence-corrected chi connectivity index (χ1v) is 7.47. The summed E-state index contributed by atoms with van der Waals surface area (Å²) in [6, 6.07) is 9.99. The van der Waals surface area contributed by atoms with Crippen molar-refractivity contribution in [1.82, 2.24) is 4.90 Å². The van der Waals surface area contributed by atoms with E-state index in [1.54, 1.807) is 11.1 Å². The lowest BCUT2D eigenvalue weighted by Gasteiger charge is -2.29. The molecule has 110 valence electrons. The molecule has 0 aromatic heterocycles. The fourth-order valence-electron chi connectivity index (χ4n) is 2.61. The number of hydrogen-bond donors (Lipinski definition) is 0. The number of para-hydroxylation sites is 1. The van der Waals surface area contributed by atoms with E-state index in [0.29, 0.717) is 6.54 Å². The highest BCUT2D eigenvalue weighted by molar-refractivity contribution is 6.08. The predicted octanol–water partition coefficient (Wildman–Crippen LogP) is 2.72. The monoisotopic (exact) mass is 283 g/mol. The maximum atomic E-state index is 12.7. The van der Waals surface area contributed by atoms with Gasteiger partial charge >= 0.3 is 0 Å². The number of benzene rings is 1. The normalized spacial score (nSPS) is 14.3. The van der Waals surface area contributed by atoms with Crippen LogP contribution in [0.5, 0.6) is 0 Å².